The molecule has 2 N–H and O–H groups in total. The van der Waals surface area contributed by atoms with Crippen LogP contribution in [-0.2, 0) is 14.4 Å². The molecular formula is C13H20N2O6. The minimum atomic E-state index is -1.10. The van der Waals surface area contributed by atoms with Crippen molar-refractivity contribution < 1.29 is 29.4 Å². The van der Waals surface area contributed by atoms with Crippen molar-refractivity contribution in [2.75, 3.05) is 13.1 Å². The first-order valence-corrected chi connectivity index (χ1v) is 6.87. The van der Waals surface area contributed by atoms with Crippen LogP contribution in [0.5, 0.6) is 0 Å². The van der Waals surface area contributed by atoms with E-state index >= 15 is 0 Å². The van der Waals surface area contributed by atoms with E-state index in [0.717, 1.165) is 4.90 Å². The molecule has 0 atom stereocenters. The van der Waals surface area contributed by atoms with Crippen molar-refractivity contribution in [3.63, 3.8) is 0 Å². The predicted molar refractivity (Wildman–Crippen MR) is 71.6 cm³/mol. The Hall–Kier alpha value is -2.12. The van der Waals surface area contributed by atoms with E-state index in [1.165, 1.54) is 4.90 Å². The summed E-state index contributed by atoms with van der Waals surface area (Å²) in [5.74, 6) is -2.59. The van der Waals surface area contributed by atoms with Crippen LogP contribution in [0.4, 0.5) is 4.79 Å². The lowest BCUT2D eigenvalue weighted by molar-refractivity contribution is -0.140. The number of amides is 3. The van der Waals surface area contributed by atoms with Crippen LogP contribution < -0.4 is 0 Å². The van der Waals surface area contributed by atoms with Gasteiger partial charge in [0.05, 0.1) is 12.8 Å². The minimum absolute atomic E-state index is 0.0643. The van der Waals surface area contributed by atoms with E-state index in [0.29, 0.717) is 12.8 Å². The summed E-state index contributed by atoms with van der Waals surface area (Å²) in [5, 5.41) is 17.5. The maximum atomic E-state index is 12.5. The van der Waals surface area contributed by atoms with Crippen molar-refractivity contribution in [3.05, 3.63) is 0 Å². The Kier molecular flexibility index (Phi) is 5.28. The molecule has 1 aliphatic heterocycles. The molecule has 0 aromatic rings. The standard InChI is InChI=1S/C13H20N2O6/c1-3-13(4-2)11(20)14(7-5-9(16)17)12(21)15(13)8-6-10(18)19/h3-8H2,1-2H3,(H,16,17)(H,18,19). The summed E-state index contributed by atoms with van der Waals surface area (Å²) in [5.41, 5.74) is -1.06. The van der Waals surface area contributed by atoms with Crippen molar-refractivity contribution in [3.8, 4) is 0 Å². The Morgan fingerprint density at radius 3 is 1.90 bits per heavy atom. The van der Waals surface area contributed by atoms with Gasteiger partial charge in [-0.3, -0.25) is 19.3 Å². The van der Waals surface area contributed by atoms with Gasteiger partial charge in [-0.05, 0) is 12.8 Å². The van der Waals surface area contributed by atoms with Gasteiger partial charge in [-0.15, -0.1) is 0 Å². The summed E-state index contributed by atoms with van der Waals surface area (Å²) in [6.07, 6.45) is 0.135. The molecule has 0 radical (unpaired) electrons. The third kappa shape index (κ3) is 3.14. The molecule has 3 amide bonds. The zero-order valence-electron chi connectivity index (χ0n) is 12.2. The lowest BCUT2D eigenvalue weighted by Crippen LogP contribution is -2.49. The summed E-state index contributed by atoms with van der Waals surface area (Å²) in [4.78, 5) is 48.3. The van der Waals surface area contributed by atoms with Gasteiger partial charge in [0.2, 0.25) is 0 Å². The number of urea groups is 1. The fourth-order valence-electron chi connectivity index (χ4n) is 2.64. The van der Waals surface area contributed by atoms with Crippen molar-refractivity contribution in [2.24, 2.45) is 0 Å². The second-order valence-corrected chi connectivity index (χ2v) is 4.92. The largest absolute Gasteiger partial charge is 0.481 e. The van der Waals surface area contributed by atoms with E-state index in [1.807, 2.05) is 0 Å². The van der Waals surface area contributed by atoms with E-state index < -0.39 is 29.4 Å². The van der Waals surface area contributed by atoms with Crippen LogP contribution in [0.2, 0.25) is 0 Å². The Morgan fingerprint density at radius 1 is 1.00 bits per heavy atom. The molecule has 1 saturated heterocycles. The average molecular weight is 300 g/mol. The number of imide groups is 1. The van der Waals surface area contributed by atoms with E-state index in [4.69, 9.17) is 10.2 Å². The molecule has 0 spiro atoms. The summed E-state index contributed by atoms with van der Waals surface area (Å²) in [6.45, 7) is 3.25. The van der Waals surface area contributed by atoms with Gasteiger partial charge in [0.25, 0.3) is 5.91 Å². The summed E-state index contributed by atoms with van der Waals surface area (Å²) in [6, 6.07) is -0.605. The smallest absolute Gasteiger partial charge is 0.327 e. The summed E-state index contributed by atoms with van der Waals surface area (Å²) in [7, 11) is 0. The van der Waals surface area contributed by atoms with Gasteiger partial charge in [-0.2, -0.15) is 0 Å². The highest BCUT2D eigenvalue weighted by atomic mass is 16.4. The van der Waals surface area contributed by atoms with Crippen molar-refractivity contribution in [1.29, 1.82) is 0 Å². The Morgan fingerprint density at radius 2 is 1.48 bits per heavy atom. The molecule has 0 saturated carbocycles. The lowest BCUT2D eigenvalue weighted by Gasteiger charge is -2.33. The molecule has 0 aromatic carbocycles. The van der Waals surface area contributed by atoms with Gasteiger partial charge in [0, 0.05) is 13.1 Å². The Bertz CT molecular complexity index is 458. The minimum Gasteiger partial charge on any atom is -0.481 e. The van der Waals surface area contributed by atoms with Crippen molar-refractivity contribution >= 4 is 23.9 Å². The molecular weight excluding hydrogens is 280 g/mol. The second-order valence-electron chi connectivity index (χ2n) is 4.92. The second kappa shape index (κ2) is 6.55. The van der Waals surface area contributed by atoms with E-state index in [-0.39, 0.29) is 25.9 Å². The van der Waals surface area contributed by atoms with E-state index in [1.54, 1.807) is 13.8 Å². The first kappa shape index (κ1) is 16.9. The third-order valence-corrected chi connectivity index (χ3v) is 3.89. The van der Waals surface area contributed by atoms with Crippen molar-refractivity contribution in [2.45, 2.75) is 45.1 Å². The highest BCUT2D eigenvalue weighted by molar-refractivity contribution is 6.07. The molecule has 118 valence electrons. The molecule has 8 nitrogen and oxygen atoms in total. The highest BCUT2D eigenvalue weighted by Crippen LogP contribution is 2.34. The normalized spacial score (nSPS) is 17.4. The monoisotopic (exact) mass is 300 g/mol. The van der Waals surface area contributed by atoms with Crippen LogP contribution >= 0.6 is 0 Å². The molecule has 0 aromatic heterocycles. The number of carbonyl (C=O) groups excluding carboxylic acids is 2. The van der Waals surface area contributed by atoms with Crippen LogP contribution in [-0.4, -0.2) is 62.5 Å². The fraction of sp³-hybridized carbons (Fsp3) is 0.692. The number of rotatable bonds is 8. The van der Waals surface area contributed by atoms with Crippen LogP contribution in [0.15, 0.2) is 0 Å². The van der Waals surface area contributed by atoms with E-state index in [9.17, 15) is 19.2 Å². The van der Waals surface area contributed by atoms with Gasteiger partial charge in [0.1, 0.15) is 5.54 Å². The number of hydrogen-bond acceptors (Lipinski definition) is 4. The molecule has 1 aliphatic rings. The highest BCUT2D eigenvalue weighted by Gasteiger charge is 2.54. The van der Waals surface area contributed by atoms with Gasteiger partial charge in [0.15, 0.2) is 0 Å². The van der Waals surface area contributed by atoms with Crippen LogP contribution in [0, 0.1) is 0 Å². The zero-order valence-corrected chi connectivity index (χ0v) is 12.2. The molecule has 21 heavy (non-hydrogen) atoms. The zero-order chi connectivity index (χ0) is 16.2. The summed E-state index contributed by atoms with van der Waals surface area (Å²) >= 11 is 0. The van der Waals surface area contributed by atoms with Crippen LogP contribution in [0.25, 0.3) is 0 Å². The molecule has 8 heteroatoms. The molecule has 0 bridgehead atoms. The van der Waals surface area contributed by atoms with Gasteiger partial charge in [-0.1, -0.05) is 13.8 Å². The van der Waals surface area contributed by atoms with Crippen molar-refractivity contribution in [1.82, 2.24) is 9.80 Å². The predicted octanol–water partition coefficient (Wildman–Crippen LogP) is 0.759. The van der Waals surface area contributed by atoms with Gasteiger partial charge in [-0.25, -0.2) is 4.79 Å². The molecule has 1 fully saturated rings. The third-order valence-electron chi connectivity index (χ3n) is 3.89. The molecule has 0 unspecified atom stereocenters. The van der Waals surface area contributed by atoms with Gasteiger partial charge < -0.3 is 15.1 Å². The van der Waals surface area contributed by atoms with Gasteiger partial charge >= 0.3 is 18.0 Å². The first-order valence-electron chi connectivity index (χ1n) is 6.87. The number of carbonyl (C=O) groups is 4. The SMILES string of the molecule is CCC1(CC)C(=O)N(CCC(=O)O)C(=O)N1CCC(=O)O. The fourth-order valence-corrected chi connectivity index (χ4v) is 2.64. The molecule has 1 heterocycles. The van der Waals surface area contributed by atoms with Crippen LogP contribution in [0.3, 0.4) is 0 Å². The topological polar surface area (TPSA) is 115 Å². The lowest BCUT2D eigenvalue weighted by atomic mass is 9.91. The Labute approximate surface area is 122 Å². The molecule has 0 aliphatic carbocycles. The maximum absolute atomic E-state index is 12.5. The average Bonchev–Trinajstić information content (AvgIpc) is 2.62. The Balaban J connectivity index is 3.02. The number of hydrogen-bond donors (Lipinski definition) is 2. The number of aliphatic carboxylic acids is 2. The maximum Gasteiger partial charge on any atom is 0.327 e. The van der Waals surface area contributed by atoms with Crippen LogP contribution in [0.1, 0.15) is 39.5 Å². The summed E-state index contributed by atoms with van der Waals surface area (Å²) < 4.78 is 0. The number of carboxylic acid groups (broad SMARTS) is 2. The first-order chi connectivity index (χ1) is 9.80. The quantitative estimate of drug-likeness (QED) is 0.639. The van der Waals surface area contributed by atoms with E-state index in [2.05, 4.69) is 0 Å². The molecule has 1 rings (SSSR count). The number of carboxylic acids is 2. The number of nitrogens with zero attached hydrogens (tertiary/aromatic N) is 2.